The predicted octanol–water partition coefficient (Wildman–Crippen LogP) is 3.62. The number of amides is 2. The fraction of sp³-hybridized carbons (Fsp3) is 0.154. The molecule has 108 valence electrons. The molecule has 1 fully saturated rings. The summed E-state index contributed by atoms with van der Waals surface area (Å²) in [5.41, 5.74) is 0.773. The summed E-state index contributed by atoms with van der Waals surface area (Å²) in [5, 5.41) is 8.27. The maximum atomic E-state index is 11.8. The molecule has 2 amide bonds. The molecule has 1 aliphatic rings. The summed E-state index contributed by atoms with van der Waals surface area (Å²) in [4.78, 5) is 24.8. The van der Waals surface area contributed by atoms with Crippen molar-refractivity contribution in [1.29, 1.82) is 5.26 Å². The van der Waals surface area contributed by atoms with Crippen LogP contribution in [0, 0.1) is 14.9 Å². The molecule has 1 saturated heterocycles. The summed E-state index contributed by atoms with van der Waals surface area (Å²) < 4.78 is 6.82. The molecule has 2 rings (SSSR count). The quantitative estimate of drug-likeness (QED) is 0.490. The lowest BCUT2D eigenvalue weighted by molar-refractivity contribution is -0.121. The normalized spacial score (nSPS) is 16.5. The molecular weight excluding hydrogens is 471 g/mol. The molecule has 0 radical (unpaired) electrons. The molecule has 5 nitrogen and oxygen atoms in total. The van der Waals surface area contributed by atoms with Gasteiger partial charge in [0.05, 0.1) is 12.9 Å². The lowest BCUT2D eigenvalue weighted by Crippen LogP contribution is -2.22. The summed E-state index contributed by atoms with van der Waals surface area (Å²) in [5.74, 6) is 0.277. The number of rotatable bonds is 3. The number of halogens is 2. The van der Waals surface area contributed by atoms with E-state index in [-0.39, 0.29) is 17.8 Å². The van der Waals surface area contributed by atoms with Gasteiger partial charge in [0, 0.05) is 7.05 Å². The van der Waals surface area contributed by atoms with Crippen molar-refractivity contribution in [2.24, 2.45) is 0 Å². The Balaban J connectivity index is 2.33. The van der Waals surface area contributed by atoms with Crippen LogP contribution < -0.4 is 4.74 Å². The van der Waals surface area contributed by atoms with E-state index in [4.69, 9.17) is 10.00 Å². The third kappa shape index (κ3) is 3.59. The number of likely N-dealkylation sites (N-methyl/N-ethyl adjacent to an activating group) is 1. The van der Waals surface area contributed by atoms with Crippen molar-refractivity contribution in [3.05, 3.63) is 30.6 Å². The molecule has 21 heavy (non-hydrogen) atoms. The maximum Gasteiger partial charge on any atom is 0.293 e. The third-order valence-corrected chi connectivity index (χ3v) is 4.94. The van der Waals surface area contributed by atoms with Gasteiger partial charge in [0.15, 0.2) is 6.61 Å². The van der Waals surface area contributed by atoms with Crippen molar-refractivity contribution >= 4 is 67.5 Å². The molecule has 0 bridgehead atoms. The van der Waals surface area contributed by atoms with Gasteiger partial charge in [-0.2, -0.15) is 5.26 Å². The molecule has 8 heteroatoms. The number of imide groups is 1. The van der Waals surface area contributed by atoms with Gasteiger partial charge in [0.2, 0.25) is 0 Å². The Morgan fingerprint density at radius 1 is 1.52 bits per heavy atom. The molecule has 0 aliphatic carbocycles. The van der Waals surface area contributed by atoms with E-state index in [9.17, 15) is 9.59 Å². The highest BCUT2D eigenvalue weighted by atomic mass is 127. The highest BCUT2D eigenvalue weighted by Crippen LogP contribution is 2.35. The Kier molecular flexibility index (Phi) is 5.29. The van der Waals surface area contributed by atoms with E-state index in [0.717, 1.165) is 25.8 Å². The van der Waals surface area contributed by atoms with Gasteiger partial charge in [0.1, 0.15) is 11.8 Å². The Morgan fingerprint density at radius 3 is 2.76 bits per heavy atom. The highest BCUT2D eigenvalue weighted by Gasteiger charge is 2.31. The van der Waals surface area contributed by atoms with Crippen LogP contribution in [0.4, 0.5) is 4.79 Å². The van der Waals surface area contributed by atoms with E-state index in [1.807, 2.05) is 12.1 Å². The third-order valence-electron chi connectivity index (χ3n) is 2.59. The van der Waals surface area contributed by atoms with Crippen LogP contribution in [-0.2, 0) is 4.79 Å². The number of carbonyl (C=O) groups excluding carboxylic acids is 2. The lowest BCUT2D eigenvalue weighted by Gasteiger charge is -2.08. The largest absolute Gasteiger partial charge is 0.476 e. The van der Waals surface area contributed by atoms with Gasteiger partial charge < -0.3 is 4.74 Å². The monoisotopic (exact) mass is 478 g/mol. The number of carbonyl (C=O) groups is 2. The first kappa shape index (κ1) is 16.3. The first-order chi connectivity index (χ1) is 9.93. The van der Waals surface area contributed by atoms with Crippen LogP contribution in [0.1, 0.15) is 5.56 Å². The molecule has 1 aromatic rings. The summed E-state index contributed by atoms with van der Waals surface area (Å²) in [6.07, 6.45) is 1.66. The van der Waals surface area contributed by atoms with Gasteiger partial charge in [-0.3, -0.25) is 14.5 Å². The van der Waals surface area contributed by atoms with Crippen molar-refractivity contribution in [3.63, 3.8) is 0 Å². The number of nitriles is 1. The average molecular weight is 479 g/mol. The molecular formula is C13H8BrIN2O3S. The number of hydrogen-bond donors (Lipinski definition) is 0. The molecule has 0 unspecified atom stereocenters. The second-order valence-corrected chi connectivity index (χ2v) is 7.01. The molecule has 0 spiro atoms. The zero-order valence-corrected chi connectivity index (χ0v) is 15.3. The van der Waals surface area contributed by atoms with E-state index in [2.05, 4.69) is 38.5 Å². The number of thioether (sulfide) groups is 1. The van der Waals surface area contributed by atoms with Gasteiger partial charge >= 0.3 is 0 Å². The summed E-state index contributed by atoms with van der Waals surface area (Å²) in [7, 11) is 1.46. The fourth-order valence-corrected chi connectivity index (χ4v) is 4.20. The first-order valence-corrected chi connectivity index (χ1v) is 8.33. The molecule has 1 heterocycles. The number of nitrogens with zero attached hydrogens (tertiary/aromatic N) is 2. The van der Waals surface area contributed by atoms with Crippen molar-refractivity contribution < 1.29 is 14.3 Å². The van der Waals surface area contributed by atoms with Gasteiger partial charge in [-0.25, -0.2) is 0 Å². The van der Waals surface area contributed by atoms with E-state index < -0.39 is 0 Å². The van der Waals surface area contributed by atoms with Crippen LogP contribution in [0.3, 0.4) is 0 Å². The molecule has 0 atom stereocenters. The Hall–Kier alpha value is -1.05. The van der Waals surface area contributed by atoms with Crippen molar-refractivity contribution in [2.45, 2.75) is 0 Å². The van der Waals surface area contributed by atoms with Crippen LogP contribution >= 0.6 is 50.3 Å². The van der Waals surface area contributed by atoms with Crippen LogP contribution in [-0.4, -0.2) is 29.7 Å². The molecule has 0 aromatic heterocycles. The Morgan fingerprint density at radius 2 is 2.24 bits per heavy atom. The number of ether oxygens (including phenoxy) is 1. The zero-order chi connectivity index (χ0) is 15.6. The van der Waals surface area contributed by atoms with Crippen LogP contribution in [0.2, 0.25) is 0 Å². The molecule has 1 aliphatic heterocycles. The summed E-state index contributed by atoms with van der Waals surface area (Å²) in [6, 6.07) is 5.51. The minimum atomic E-state index is -0.305. The van der Waals surface area contributed by atoms with E-state index in [1.165, 1.54) is 7.05 Å². The SMILES string of the molecule is CN1C(=O)S/C(=C\c2cc(Br)c(OCC#N)c(I)c2)C1=O. The van der Waals surface area contributed by atoms with Gasteiger partial charge in [0.25, 0.3) is 11.1 Å². The van der Waals surface area contributed by atoms with E-state index in [1.54, 1.807) is 12.1 Å². The number of hydrogen-bond acceptors (Lipinski definition) is 5. The minimum absolute atomic E-state index is 0.0390. The molecule has 1 aromatic carbocycles. The fourth-order valence-electron chi connectivity index (χ4n) is 1.60. The van der Waals surface area contributed by atoms with E-state index >= 15 is 0 Å². The smallest absolute Gasteiger partial charge is 0.293 e. The Bertz CT molecular complexity index is 676. The minimum Gasteiger partial charge on any atom is -0.476 e. The lowest BCUT2D eigenvalue weighted by atomic mass is 10.2. The van der Waals surface area contributed by atoms with Crippen LogP contribution in [0.5, 0.6) is 5.75 Å². The first-order valence-electron chi connectivity index (χ1n) is 5.64. The van der Waals surface area contributed by atoms with E-state index in [0.29, 0.717) is 15.1 Å². The van der Waals surface area contributed by atoms with Gasteiger partial charge in [-0.1, -0.05) is 0 Å². The second kappa shape index (κ2) is 6.81. The predicted molar refractivity (Wildman–Crippen MR) is 91.7 cm³/mol. The highest BCUT2D eigenvalue weighted by molar-refractivity contribution is 14.1. The van der Waals surface area contributed by atoms with Gasteiger partial charge in [-0.05, 0) is 74.1 Å². The molecule has 0 saturated carbocycles. The maximum absolute atomic E-state index is 11.8. The number of benzene rings is 1. The van der Waals surface area contributed by atoms with Crippen molar-refractivity contribution in [3.8, 4) is 11.8 Å². The van der Waals surface area contributed by atoms with Gasteiger partial charge in [-0.15, -0.1) is 0 Å². The van der Waals surface area contributed by atoms with Crippen molar-refractivity contribution in [1.82, 2.24) is 4.90 Å². The topological polar surface area (TPSA) is 70.4 Å². The summed E-state index contributed by atoms with van der Waals surface area (Å²) in [6.45, 7) is -0.0390. The second-order valence-electron chi connectivity index (χ2n) is 4.00. The van der Waals surface area contributed by atoms with Crippen molar-refractivity contribution in [2.75, 3.05) is 13.7 Å². The summed E-state index contributed by atoms with van der Waals surface area (Å²) >= 11 is 6.38. The standard InChI is InChI=1S/C13H8BrIN2O3S/c1-17-12(18)10(21-13(17)19)6-7-4-8(14)11(9(15)5-7)20-3-2-16/h4-6H,3H2,1H3/b10-6-. The van der Waals surface area contributed by atoms with Crippen LogP contribution in [0.25, 0.3) is 6.08 Å². The average Bonchev–Trinajstić information content (AvgIpc) is 2.65. The molecule has 0 N–H and O–H groups in total. The Labute approximate surface area is 147 Å². The zero-order valence-electron chi connectivity index (χ0n) is 10.7. The van der Waals surface area contributed by atoms with Crippen LogP contribution in [0.15, 0.2) is 21.5 Å².